The molecule has 0 radical (unpaired) electrons. The summed E-state index contributed by atoms with van der Waals surface area (Å²) in [5.74, 6) is -8.15. The van der Waals surface area contributed by atoms with Crippen molar-refractivity contribution >= 4 is 159 Å². The maximum atomic E-state index is 15.0. The number of phenols is 2. The van der Waals surface area contributed by atoms with E-state index < -0.39 is 182 Å². The number of rotatable bonds is 33. The molecule has 634 valence electrons. The third kappa shape index (κ3) is 38.9. The zero-order valence-electron chi connectivity index (χ0n) is 61.7. The van der Waals surface area contributed by atoms with Gasteiger partial charge in [-0.1, -0.05) is 97.6 Å². The summed E-state index contributed by atoms with van der Waals surface area (Å²) in [6.07, 6.45) is -2.70. The number of carboxylic acid groups (broad SMARTS) is 2. The number of aromatic nitrogens is 6. The third-order valence-electron chi connectivity index (χ3n) is 13.6. The Labute approximate surface area is 775 Å². The molecule has 9 rings (SSSR count). The normalized spacial score (nSPS) is 11.3. The molecule has 2 heterocycles. The number of nitrogens with one attached hydrogen (secondary N) is 5. The Balaban J connectivity index is 0.00000108. The summed E-state index contributed by atoms with van der Waals surface area (Å²) in [6.45, 7) is 1.75. The van der Waals surface area contributed by atoms with E-state index in [0.29, 0.717) is 17.2 Å². The standard InChI is InChI=1S/C33H30FN9O12S3.C29H27FN9O9S2.2Cu.3Na.2O3S/c34-31-36-32(38-33(37-31)43(22-11-5-2-6-12-22)15-17-56(47,48)18-16-55-58(52,53)54)35-26-19-23(57(49,50)51)20-27(28(26)44)40-42-29(21-9-3-1-4-10-21)41-39-25-14-8-7-13-24(25)30(45)46;1-2-49(43,44)15-14-48-13-12-31-28-33-27(30)34-29(35-28)32-22-16-19(50(45,46)47)17-23(24(22)40)37-39-25(18-8-4-3-5-9-18)38-36-21-11-7-6-10-20(21)26(41)42;;;;;;2*1-4(2)3/h1-14,19-20,40,44H,15-18H2,(H,45,46)(H,49,50,51)(H,52,53,54)(H,35,36,37,38);2-6,8-11,16-17,37,40H,1,12-15H2,(H,41,42)(H,45,46,47)(H2,31,32,33,34,35);;;;;;;/q;-1;5*+1;;/p-2. The summed E-state index contributed by atoms with van der Waals surface area (Å²) in [6, 6.07) is 39.3. The number of anilines is 9. The number of hydrogen-bond acceptors (Lipinski definition) is 40. The summed E-state index contributed by atoms with van der Waals surface area (Å²) in [5.41, 5.74) is 3.39. The fraction of sp³-hybridized carbons (Fsp3) is 0.129. The average molecular weight is 1940 g/mol. The Morgan fingerprint density at radius 1 is 0.554 bits per heavy atom. The van der Waals surface area contributed by atoms with Crippen LogP contribution in [0.5, 0.6) is 11.5 Å². The van der Waals surface area contributed by atoms with Crippen LogP contribution in [-0.2, 0) is 115 Å². The summed E-state index contributed by atoms with van der Waals surface area (Å²) in [4.78, 5) is 44.9. The van der Waals surface area contributed by atoms with E-state index in [1.165, 1.54) is 54.6 Å². The number of aromatic carboxylic acids is 2. The van der Waals surface area contributed by atoms with Crippen molar-refractivity contribution in [3.8, 4) is 11.5 Å². The fourth-order valence-corrected chi connectivity index (χ4v) is 11.5. The van der Waals surface area contributed by atoms with Gasteiger partial charge < -0.3 is 55.1 Å². The smallest absolute Gasteiger partial charge is 0.744 e. The van der Waals surface area contributed by atoms with Crippen LogP contribution < -0.4 is 120 Å². The van der Waals surface area contributed by atoms with E-state index in [4.69, 9.17) is 34.5 Å². The van der Waals surface area contributed by atoms with Gasteiger partial charge in [0.05, 0.1) is 63.8 Å². The molecule has 0 amide bonds. The number of benzene rings is 7. The topological polar surface area (TPSA) is 688 Å². The number of carboxylic acids is 2. The predicted molar refractivity (Wildman–Crippen MR) is 398 cm³/mol. The minimum absolute atomic E-state index is 0. The van der Waals surface area contributed by atoms with E-state index in [-0.39, 0.29) is 194 Å². The van der Waals surface area contributed by atoms with Crippen LogP contribution in [0.4, 0.5) is 72.4 Å². The molecule has 121 heavy (non-hydrogen) atoms. The number of hydrogen-bond donors (Lipinski definition) is 10. The summed E-state index contributed by atoms with van der Waals surface area (Å²) in [7, 11) is -29.0. The molecule has 0 fully saturated rings. The number of hydrazone groups is 2. The molecule has 0 aliphatic heterocycles. The number of halogens is 2. The number of sulfone groups is 2. The van der Waals surface area contributed by atoms with E-state index in [2.05, 4.69) is 104 Å². The molecule has 0 atom stereocenters. The molecule has 10 N–H and O–H groups in total. The Kier molecular flexibility index (Phi) is 47.6. The number of azo groups is 2. The van der Waals surface area contributed by atoms with Crippen molar-refractivity contribution in [1.29, 1.82) is 0 Å². The number of para-hydroxylation sites is 1. The van der Waals surface area contributed by atoms with Crippen LogP contribution in [0, 0.1) is 18.2 Å². The van der Waals surface area contributed by atoms with Crippen LogP contribution in [0.2, 0.25) is 0 Å². The summed E-state index contributed by atoms with van der Waals surface area (Å²) >= 11 is 0. The Morgan fingerprint density at radius 3 is 1.45 bits per heavy atom. The van der Waals surface area contributed by atoms with Gasteiger partial charge in [-0.25, -0.2) is 52.6 Å². The van der Waals surface area contributed by atoms with Gasteiger partial charge in [-0.3, -0.25) is 15.4 Å². The molecule has 0 saturated heterocycles. The summed E-state index contributed by atoms with van der Waals surface area (Å²) < 4.78 is 241. The van der Waals surface area contributed by atoms with Crippen LogP contribution in [-0.4, -0.2) is 205 Å². The molecule has 9 aromatic rings. The number of carbonyl (C=O) groups is 2. The minimum Gasteiger partial charge on any atom is -0.744 e. The van der Waals surface area contributed by atoms with Crippen molar-refractivity contribution in [3.05, 3.63) is 210 Å². The van der Waals surface area contributed by atoms with Gasteiger partial charge in [0, 0.05) is 35.3 Å². The first-order valence-corrected chi connectivity index (χ1v) is 40.9. The van der Waals surface area contributed by atoms with Gasteiger partial charge in [0.1, 0.15) is 37.3 Å². The molecule has 2 aromatic heterocycles. The SMILES string of the molecule is C=CS(=O)(=O)CCOCCNc1nc(F)nc(Nc2cc(S(=O)(=O)[O-])cc(NN=C(N=Nc3c[c-]ccc3C(=O)O)c3ccccc3)c2O)n1.O=C(O)c1ccccc1N=NC(=NNc1cc(S(=O)(=O)[O-])cc(Nc2nc(F)nc(N(CCS(=O)(=O)CCOS(=O)(=O)O)c3ccccc3)n2)c1O)c1ccccc1.O=S(=O)=O.O=S(=O)=O.[Cu+].[Cu+].[Na+].[Na+].[Na+]. The van der Waals surface area contributed by atoms with Gasteiger partial charge in [0.2, 0.25) is 29.6 Å². The minimum atomic E-state index is -5.24. The van der Waals surface area contributed by atoms with Crippen molar-refractivity contribution in [2.75, 3.05) is 81.9 Å². The van der Waals surface area contributed by atoms with Gasteiger partial charge in [-0.05, 0) is 59.8 Å². The van der Waals surface area contributed by atoms with E-state index >= 15 is 4.39 Å². The second-order valence-electron chi connectivity index (χ2n) is 21.5. The molecule has 0 unspecified atom stereocenters. The van der Waals surface area contributed by atoms with Crippen molar-refractivity contribution in [3.63, 3.8) is 0 Å². The Hall–Kier alpha value is -9.13. The second-order valence-corrected chi connectivity index (χ2v) is 30.6. The first-order chi connectivity index (χ1) is 54.6. The largest absolute Gasteiger partial charge is 1.00 e. The molecule has 0 spiro atoms. The number of aromatic hydroxyl groups is 2. The monoisotopic (exact) mass is 1940 g/mol. The molecule has 0 bridgehead atoms. The molecule has 0 aliphatic carbocycles. The molecule has 45 nitrogen and oxygen atoms in total. The van der Waals surface area contributed by atoms with E-state index in [1.807, 2.05) is 0 Å². The zero-order chi connectivity index (χ0) is 85.6. The first-order valence-electron chi connectivity index (χ1n) is 31.2. The van der Waals surface area contributed by atoms with Gasteiger partial charge in [-0.15, -0.1) is 46.7 Å². The number of amidine groups is 2. The van der Waals surface area contributed by atoms with E-state index in [0.717, 1.165) is 28.5 Å². The van der Waals surface area contributed by atoms with E-state index in [9.17, 15) is 85.6 Å². The third-order valence-corrected chi connectivity index (χ3v) is 18.6. The van der Waals surface area contributed by atoms with Crippen LogP contribution in [0.1, 0.15) is 31.8 Å². The van der Waals surface area contributed by atoms with Crippen LogP contribution in [0.25, 0.3) is 0 Å². The second kappa shape index (κ2) is 52.4. The zero-order valence-corrected chi connectivity index (χ0v) is 75.3. The van der Waals surface area contributed by atoms with E-state index in [1.54, 1.807) is 78.9 Å². The number of nitrogens with zero attached hydrogens (tertiary/aromatic N) is 13. The number of phenolic OH excluding ortho intramolecular Hbond substituents is 2. The van der Waals surface area contributed by atoms with Crippen molar-refractivity contribution < 1.29 is 252 Å². The maximum Gasteiger partial charge on any atom is 1.00 e. The predicted octanol–water partition coefficient (Wildman–Crippen LogP) is -3.60. The van der Waals surface area contributed by atoms with Gasteiger partial charge in [0.25, 0.3) is 0 Å². The number of ether oxygens (including phenoxy) is 1. The van der Waals surface area contributed by atoms with Gasteiger partial charge >= 0.3 is 179 Å². The molecule has 0 aliphatic rings. The molecule has 59 heteroatoms. The molecular weight excluding hydrogens is 1890 g/mol. The first kappa shape index (κ1) is 110. The Bertz CT molecular complexity index is 6050. The van der Waals surface area contributed by atoms with Crippen LogP contribution in [0.3, 0.4) is 0 Å². The Morgan fingerprint density at radius 2 is 0.983 bits per heavy atom. The maximum absolute atomic E-state index is 15.0. The average Bonchev–Trinajstić information content (AvgIpc) is 0.798. The molecule has 7 aromatic carbocycles. The van der Waals surface area contributed by atoms with Crippen molar-refractivity contribution in [1.82, 2.24) is 29.9 Å². The van der Waals surface area contributed by atoms with Crippen LogP contribution >= 0.6 is 0 Å². The fourth-order valence-electron chi connectivity index (χ4n) is 8.57. The molecular formula is C62H55Cu2F2N18Na3O27S7+2. The molecule has 0 saturated carbocycles. The van der Waals surface area contributed by atoms with Crippen molar-refractivity contribution in [2.45, 2.75) is 9.79 Å². The van der Waals surface area contributed by atoms with Crippen molar-refractivity contribution in [2.24, 2.45) is 30.7 Å². The quantitative estimate of drug-likeness (QED) is 0.00219. The van der Waals surface area contributed by atoms with Gasteiger partial charge in [-0.2, -0.15) is 75.5 Å². The van der Waals surface area contributed by atoms with Crippen LogP contribution in [0.15, 0.2) is 210 Å². The summed E-state index contributed by atoms with van der Waals surface area (Å²) in [5, 5.41) is 73.7. The van der Waals surface area contributed by atoms with Gasteiger partial charge in [0.15, 0.2) is 37.0 Å².